The summed E-state index contributed by atoms with van der Waals surface area (Å²) in [7, 11) is 0. The van der Waals surface area contributed by atoms with Crippen molar-refractivity contribution in [3.8, 4) is 11.5 Å². The molecule has 0 saturated heterocycles. The Morgan fingerprint density at radius 3 is 2.35 bits per heavy atom. The summed E-state index contributed by atoms with van der Waals surface area (Å²) in [5, 5.41) is 0. The number of hydrogen-bond donors (Lipinski definition) is 0. The summed E-state index contributed by atoms with van der Waals surface area (Å²) in [6.45, 7) is 6.78. The molecule has 0 saturated carbocycles. The van der Waals surface area contributed by atoms with E-state index in [1.807, 2.05) is 19.1 Å². The van der Waals surface area contributed by atoms with Crippen LogP contribution in [0.2, 0.25) is 0 Å². The molecular weight excluding hydrogens is 387 g/mol. The van der Waals surface area contributed by atoms with E-state index in [-0.39, 0.29) is 5.82 Å². The van der Waals surface area contributed by atoms with E-state index in [0.29, 0.717) is 18.6 Å². The highest BCUT2D eigenvalue weighted by molar-refractivity contribution is 5.44. The van der Waals surface area contributed by atoms with E-state index in [4.69, 9.17) is 9.47 Å². The lowest BCUT2D eigenvalue weighted by molar-refractivity contribution is 0.174. The molecule has 2 nitrogen and oxygen atoms in total. The molecule has 1 heterocycles. The Kier molecular flexibility index (Phi) is 6.60. The largest absolute Gasteiger partial charge is 0.454 e. The van der Waals surface area contributed by atoms with E-state index in [2.05, 4.69) is 50.2 Å². The van der Waals surface area contributed by atoms with Gasteiger partial charge < -0.3 is 9.47 Å². The number of benzene rings is 3. The number of ether oxygens (including phenoxy) is 2. The lowest BCUT2D eigenvalue weighted by Gasteiger charge is -2.25. The van der Waals surface area contributed by atoms with Crippen LogP contribution in [0.15, 0.2) is 60.7 Å². The second kappa shape index (κ2) is 9.55. The van der Waals surface area contributed by atoms with Gasteiger partial charge >= 0.3 is 0 Å². The fourth-order valence-electron chi connectivity index (χ4n) is 4.52. The van der Waals surface area contributed by atoms with Gasteiger partial charge in [-0.2, -0.15) is 0 Å². The van der Waals surface area contributed by atoms with Gasteiger partial charge in [-0.25, -0.2) is 4.39 Å². The molecule has 3 heteroatoms. The highest BCUT2D eigenvalue weighted by Gasteiger charge is 2.20. The fraction of sp³-hybridized carbons (Fsp3) is 0.357. The van der Waals surface area contributed by atoms with E-state index in [9.17, 15) is 4.39 Å². The third-order valence-corrected chi connectivity index (χ3v) is 6.64. The van der Waals surface area contributed by atoms with Crippen molar-refractivity contribution in [2.45, 2.75) is 52.4 Å². The van der Waals surface area contributed by atoms with Gasteiger partial charge in [-0.1, -0.05) is 48.9 Å². The maximum atomic E-state index is 13.5. The Balaban J connectivity index is 1.49. The Morgan fingerprint density at radius 1 is 0.839 bits per heavy atom. The number of aryl methyl sites for hydroxylation is 4. The molecule has 4 rings (SSSR count). The average Bonchev–Trinajstić information content (AvgIpc) is 3.23. The van der Waals surface area contributed by atoms with Crippen molar-refractivity contribution in [1.82, 2.24) is 0 Å². The molecule has 0 aromatic heterocycles. The van der Waals surface area contributed by atoms with Crippen molar-refractivity contribution in [2.24, 2.45) is 5.92 Å². The number of rotatable bonds is 8. The fourth-order valence-corrected chi connectivity index (χ4v) is 4.52. The summed E-state index contributed by atoms with van der Waals surface area (Å²) < 4.78 is 24.5. The van der Waals surface area contributed by atoms with Gasteiger partial charge in [0.05, 0.1) is 0 Å². The van der Waals surface area contributed by atoms with Crippen LogP contribution >= 0.6 is 0 Å². The van der Waals surface area contributed by atoms with Crippen LogP contribution in [0, 0.1) is 25.6 Å². The first-order valence-electron chi connectivity index (χ1n) is 11.2. The van der Waals surface area contributed by atoms with Crippen molar-refractivity contribution in [2.75, 3.05) is 6.79 Å². The molecule has 0 spiro atoms. The van der Waals surface area contributed by atoms with Gasteiger partial charge in [-0.05, 0) is 97.9 Å². The van der Waals surface area contributed by atoms with Crippen molar-refractivity contribution in [3.63, 3.8) is 0 Å². The lowest BCUT2D eigenvalue weighted by atomic mass is 9.80. The summed E-state index contributed by atoms with van der Waals surface area (Å²) in [6, 6.07) is 20.3. The predicted octanol–water partition coefficient (Wildman–Crippen LogP) is 7.16. The second-order valence-electron chi connectivity index (χ2n) is 8.80. The van der Waals surface area contributed by atoms with Gasteiger partial charge in [0.2, 0.25) is 6.79 Å². The smallest absolute Gasteiger partial charge is 0.231 e. The molecule has 2 atom stereocenters. The van der Waals surface area contributed by atoms with Crippen molar-refractivity contribution in [3.05, 3.63) is 94.3 Å². The summed E-state index contributed by atoms with van der Waals surface area (Å²) in [6.07, 6.45) is 4.13. The van der Waals surface area contributed by atoms with Gasteiger partial charge in [0.25, 0.3) is 0 Å². The minimum atomic E-state index is -0.159. The average molecular weight is 419 g/mol. The summed E-state index contributed by atoms with van der Waals surface area (Å²) in [4.78, 5) is 0. The van der Waals surface area contributed by atoms with E-state index in [1.165, 1.54) is 22.3 Å². The zero-order valence-corrected chi connectivity index (χ0v) is 18.7. The molecule has 3 aromatic rings. The van der Waals surface area contributed by atoms with Gasteiger partial charge in [-0.15, -0.1) is 0 Å². The van der Waals surface area contributed by atoms with Crippen molar-refractivity contribution < 1.29 is 13.9 Å². The Morgan fingerprint density at radius 2 is 1.58 bits per heavy atom. The van der Waals surface area contributed by atoms with Crippen LogP contribution in [0.3, 0.4) is 0 Å². The lowest BCUT2D eigenvalue weighted by Crippen LogP contribution is -2.13. The monoisotopic (exact) mass is 418 g/mol. The standard InChI is InChI=1S/C28H31FO2/c1-19-4-8-24(9-5-19)21(3)25(12-11-23-13-14-26(29)16-20(23)2)10-6-22-7-15-27-28(17-22)31-18-30-27/h4-5,7-9,13-17,21,25H,6,10-12,18H2,1-3H3. The molecule has 0 radical (unpaired) electrons. The van der Waals surface area contributed by atoms with Gasteiger partial charge in [-0.3, -0.25) is 0 Å². The van der Waals surface area contributed by atoms with E-state index in [1.54, 1.807) is 12.1 Å². The quantitative estimate of drug-likeness (QED) is 0.386. The van der Waals surface area contributed by atoms with Gasteiger partial charge in [0.1, 0.15) is 5.82 Å². The van der Waals surface area contributed by atoms with E-state index < -0.39 is 0 Å². The third-order valence-electron chi connectivity index (χ3n) is 6.64. The molecule has 162 valence electrons. The van der Waals surface area contributed by atoms with Crippen LogP contribution in [0.5, 0.6) is 11.5 Å². The molecule has 0 aliphatic carbocycles. The molecule has 3 aromatic carbocycles. The molecule has 0 amide bonds. The van der Waals surface area contributed by atoms with Crippen LogP contribution in [0.25, 0.3) is 0 Å². The first-order chi connectivity index (χ1) is 15.0. The first-order valence-corrected chi connectivity index (χ1v) is 11.2. The molecule has 0 fully saturated rings. The van der Waals surface area contributed by atoms with Crippen LogP contribution in [-0.2, 0) is 12.8 Å². The maximum Gasteiger partial charge on any atom is 0.231 e. The molecule has 1 aliphatic rings. The molecule has 1 aliphatic heterocycles. The van der Waals surface area contributed by atoms with Crippen LogP contribution in [-0.4, -0.2) is 6.79 Å². The molecule has 0 N–H and O–H groups in total. The summed E-state index contributed by atoms with van der Waals surface area (Å²) in [5.41, 5.74) is 6.23. The van der Waals surface area contributed by atoms with Crippen molar-refractivity contribution >= 4 is 0 Å². The highest BCUT2D eigenvalue weighted by atomic mass is 19.1. The molecule has 31 heavy (non-hydrogen) atoms. The Labute approximate surface area is 185 Å². The third kappa shape index (κ3) is 5.28. The molecule has 0 bridgehead atoms. The number of halogens is 1. The maximum absolute atomic E-state index is 13.5. The topological polar surface area (TPSA) is 18.5 Å². The Hall–Kier alpha value is -2.81. The summed E-state index contributed by atoms with van der Waals surface area (Å²) in [5.74, 6) is 2.50. The van der Waals surface area contributed by atoms with Crippen LogP contribution in [0.1, 0.15) is 53.5 Å². The zero-order chi connectivity index (χ0) is 21.8. The number of fused-ring (bicyclic) bond motifs is 1. The zero-order valence-electron chi connectivity index (χ0n) is 18.7. The second-order valence-corrected chi connectivity index (χ2v) is 8.80. The number of hydrogen-bond acceptors (Lipinski definition) is 2. The van der Waals surface area contributed by atoms with Crippen LogP contribution in [0.4, 0.5) is 4.39 Å². The molecule has 2 unspecified atom stereocenters. The van der Waals surface area contributed by atoms with E-state index >= 15 is 0 Å². The SMILES string of the molecule is Cc1ccc(C(C)C(CCc2ccc3c(c2)OCO3)CCc2ccc(F)cc2C)cc1. The minimum absolute atomic E-state index is 0.159. The predicted molar refractivity (Wildman–Crippen MR) is 123 cm³/mol. The minimum Gasteiger partial charge on any atom is -0.454 e. The van der Waals surface area contributed by atoms with Gasteiger partial charge in [0, 0.05) is 0 Å². The highest BCUT2D eigenvalue weighted by Crippen LogP contribution is 2.35. The van der Waals surface area contributed by atoms with E-state index in [0.717, 1.165) is 42.7 Å². The Bertz CT molecular complexity index is 1030. The van der Waals surface area contributed by atoms with Crippen molar-refractivity contribution in [1.29, 1.82) is 0 Å². The van der Waals surface area contributed by atoms with Crippen LogP contribution < -0.4 is 9.47 Å². The first kappa shape index (κ1) is 21.4. The summed E-state index contributed by atoms with van der Waals surface area (Å²) >= 11 is 0. The van der Waals surface area contributed by atoms with Gasteiger partial charge in [0.15, 0.2) is 11.5 Å². The molecular formula is C28H31FO2. The normalized spacial score (nSPS) is 14.5.